The van der Waals surface area contributed by atoms with Gasteiger partial charge in [-0.15, -0.1) is 0 Å². The van der Waals surface area contributed by atoms with Crippen LogP contribution in [0.1, 0.15) is 24.8 Å². The number of carbonyl (C=O) groups is 3. The van der Waals surface area contributed by atoms with Gasteiger partial charge in [0.1, 0.15) is 11.8 Å². The molecule has 0 heterocycles. The highest BCUT2D eigenvalue weighted by atomic mass is 16.5. The first-order valence-corrected chi connectivity index (χ1v) is 6.38. The molecule has 21 heavy (non-hydrogen) atoms. The highest BCUT2D eigenvalue weighted by Gasteiger charge is 2.17. The predicted octanol–water partition coefficient (Wildman–Crippen LogP) is 0.801. The molecule has 0 amide bonds. The van der Waals surface area contributed by atoms with Crippen molar-refractivity contribution in [1.82, 2.24) is 0 Å². The van der Waals surface area contributed by atoms with Crippen LogP contribution in [0, 0.1) is 0 Å². The van der Waals surface area contributed by atoms with Crippen molar-refractivity contribution in [1.29, 1.82) is 0 Å². The fourth-order valence-corrected chi connectivity index (χ4v) is 1.56. The van der Waals surface area contributed by atoms with Gasteiger partial charge in [-0.05, 0) is 30.5 Å². The molecule has 0 saturated carbocycles. The first-order valence-electron chi connectivity index (χ1n) is 6.38. The lowest BCUT2D eigenvalue weighted by molar-refractivity contribution is -0.139. The average Bonchev–Trinajstić information content (AvgIpc) is 2.43. The number of carboxylic acid groups (broad SMARTS) is 2. The lowest BCUT2D eigenvalue weighted by Gasteiger charge is -2.10. The highest BCUT2D eigenvalue weighted by molar-refractivity contribution is 5.78. The monoisotopic (exact) mass is 295 g/mol. The number of nitrogens with two attached hydrogens (primary N) is 1. The zero-order valence-electron chi connectivity index (χ0n) is 11.3. The third-order valence-corrected chi connectivity index (χ3v) is 2.74. The van der Waals surface area contributed by atoms with E-state index in [-0.39, 0.29) is 25.0 Å². The van der Waals surface area contributed by atoms with E-state index in [1.807, 2.05) is 0 Å². The van der Waals surface area contributed by atoms with Gasteiger partial charge in [-0.25, -0.2) is 4.79 Å². The molecule has 0 aliphatic heterocycles. The van der Waals surface area contributed by atoms with Crippen molar-refractivity contribution in [3.05, 3.63) is 29.8 Å². The molecule has 114 valence electrons. The Morgan fingerprint density at radius 1 is 1.05 bits per heavy atom. The van der Waals surface area contributed by atoms with Gasteiger partial charge in [-0.3, -0.25) is 9.59 Å². The third-order valence-electron chi connectivity index (χ3n) is 2.74. The molecule has 0 radical (unpaired) electrons. The van der Waals surface area contributed by atoms with Gasteiger partial charge in [0.25, 0.3) is 0 Å². The highest BCUT2D eigenvalue weighted by Crippen LogP contribution is 2.14. The summed E-state index contributed by atoms with van der Waals surface area (Å²) in [5, 5.41) is 17.1. The second-order valence-corrected chi connectivity index (χ2v) is 4.50. The van der Waals surface area contributed by atoms with Gasteiger partial charge >= 0.3 is 17.9 Å². The topological polar surface area (TPSA) is 127 Å². The van der Waals surface area contributed by atoms with E-state index in [1.54, 1.807) is 24.3 Å². The van der Waals surface area contributed by atoms with Crippen LogP contribution >= 0.6 is 0 Å². The number of carboxylic acids is 2. The first-order chi connectivity index (χ1) is 9.88. The van der Waals surface area contributed by atoms with E-state index in [1.165, 1.54) is 0 Å². The van der Waals surface area contributed by atoms with Crippen molar-refractivity contribution in [3.63, 3.8) is 0 Å². The summed E-state index contributed by atoms with van der Waals surface area (Å²) >= 11 is 0. The summed E-state index contributed by atoms with van der Waals surface area (Å²) in [5.74, 6) is -2.32. The van der Waals surface area contributed by atoms with Crippen molar-refractivity contribution in [3.8, 4) is 5.75 Å². The molecule has 1 atom stereocenters. The number of rotatable bonds is 8. The second-order valence-electron chi connectivity index (χ2n) is 4.50. The first kappa shape index (κ1) is 16.6. The Labute approximate surface area is 121 Å². The zero-order valence-corrected chi connectivity index (χ0v) is 11.3. The molecule has 1 rings (SSSR count). The Hall–Kier alpha value is -2.41. The number of hydrogen-bond donors (Lipinski definition) is 3. The van der Waals surface area contributed by atoms with E-state index in [0.29, 0.717) is 6.42 Å². The molecule has 0 aliphatic carbocycles. The van der Waals surface area contributed by atoms with E-state index < -0.39 is 23.9 Å². The van der Waals surface area contributed by atoms with E-state index in [4.69, 9.17) is 20.7 Å². The van der Waals surface area contributed by atoms with Crippen molar-refractivity contribution in [2.45, 2.75) is 31.7 Å². The van der Waals surface area contributed by atoms with Crippen molar-refractivity contribution in [2.24, 2.45) is 5.73 Å². The normalized spacial score (nSPS) is 11.7. The minimum absolute atomic E-state index is 0.00482. The van der Waals surface area contributed by atoms with E-state index >= 15 is 0 Å². The molecular formula is C14H17NO6. The van der Waals surface area contributed by atoms with Crippen molar-refractivity contribution >= 4 is 17.9 Å². The average molecular weight is 295 g/mol. The van der Waals surface area contributed by atoms with E-state index in [9.17, 15) is 14.4 Å². The molecule has 1 aromatic carbocycles. The maximum absolute atomic E-state index is 11.6. The molecule has 0 aromatic heterocycles. The van der Waals surface area contributed by atoms with Gasteiger partial charge in [0.2, 0.25) is 0 Å². The minimum atomic E-state index is -1.03. The van der Waals surface area contributed by atoms with E-state index in [2.05, 4.69) is 0 Å². The standard InChI is InChI=1S/C14H17NO6/c15-11(6-8-13(18)19)14(20)21-10-4-1-9(2-5-10)3-7-12(16)17/h1-2,4-5,11H,3,6-8,15H2,(H,16,17)(H,18,19)/t11-/m1/s1. The molecule has 7 nitrogen and oxygen atoms in total. The molecular weight excluding hydrogens is 278 g/mol. The Morgan fingerprint density at radius 2 is 1.62 bits per heavy atom. The van der Waals surface area contributed by atoms with Crippen LogP contribution in [0.2, 0.25) is 0 Å². The van der Waals surface area contributed by atoms with Crippen LogP contribution in [0.15, 0.2) is 24.3 Å². The van der Waals surface area contributed by atoms with Crippen LogP contribution in [0.4, 0.5) is 0 Å². The van der Waals surface area contributed by atoms with Gasteiger partial charge in [-0.2, -0.15) is 0 Å². The fourth-order valence-electron chi connectivity index (χ4n) is 1.56. The molecule has 0 bridgehead atoms. The summed E-state index contributed by atoms with van der Waals surface area (Å²) in [7, 11) is 0. The summed E-state index contributed by atoms with van der Waals surface area (Å²) in [5.41, 5.74) is 6.33. The van der Waals surface area contributed by atoms with Crippen LogP contribution in [-0.4, -0.2) is 34.2 Å². The summed E-state index contributed by atoms with van der Waals surface area (Å²) in [4.78, 5) is 32.4. The van der Waals surface area contributed by atoms with Gasteiger partial charge in [0, 0.05) is 12.8 Å². The Bertz CT molecular complexity index is 511. The lowest BCUT2D eigenvalue weighted by atomic mass is 10.1. The van der Waals surface area contributed by atoms with Crippen LogP contribution in [0.25, 0.3) is 0 Å². The fraction of sp³-hybridized carbons (Fsp3) is 0.357. The molecule has 7 heteroatoms. The minimum Gasteiger partial charge on any atom is -0.481 e. The van der Waals surface area contributed by atoms with Crippen LogP contribution in [-0.2, 0) is 20.8 Å². The molecule has 0 aliphatic rings. The lowest BCUT2D eigenvalue weighted by Crippen LogP contribution is -2.34. The number of benzene rings is 1. The number of aliphatic carboxylic acids is 2. The summed E-state index contributed by atoms with van der Waals surface area (Å²) in [6, 6.07) is 5.41. The number of aryl methyl sites for hydroxylation is 1. The Morgan fingerprint density at radius 3 is 2.14 bits per heavy atom. The van der Waals surface area contributed by atoms with Gasteiger partial charge in [-0.1, -0.05) is 12.1 Å². The zero-order chi connectivity index (χ0) is 15.8. The number of ether oxygens (including phenoxy) is 1. The van der Waals surface area contributed by atoms with Crippen molar-refractivity contribution in [2.75, 3.05) is 0 Å². The predicted molar refractivity (Wildman–Crippen MR) is 72.9 cm³/mol. The molecule has 1 aromatic rings. The smallest absolute Gasteiger partial charge is 0.328 e. The van der Waals surface area contributed by atoms with Gasteiger partial charge in [0.05, 0.1) is 0 Å². The molecule has 0 saturated heterocycles. The SMILES string of the molecule is N[C@H](CCC(=O)O)C(=O)Oc1ccc(CCC(=O)O)cc1. The summed E-state index contributed by atoms with van der Waals surface area (Å²) in [6.07, 6.45) is 0.218. The molecule has 0 fully saturated rings. The Kier molecular flexibility index (Phi) is 6.35. The van der Waals surface area contributed by atoms with Gasteiger partial charge in [0.15, 0.2) is 0 Å². The van der Waals surface area contributed by atoms with E-state index in [0.717, 1.165) is 5.56 Å². The Balaban J connectivity index is 2.49. The number of hydrogen-bond acceptors (Lipinski definition) is 5. The number of carbonyl (C=O) groups excluding carboxylic acids is 1. The van der Waals surface area contributed by atoms with Crippen LogP contribution in [0.3, 0.4) is 0 Å². The van der Waals surface area contributed by atoms with Gasteiger partial charge < -0.3 is 20.7 Å². The van der Waals surface area contributed by atoms with Crippen molar-refractivity contribution < 1.29 is 29.3 Å². The molecule has 0 spiro atoms. The molecule has 4 N–H and O–H groups in total. The number of esters is 1. The van der Waals surface area contributed by atoms with Crippen LogP contribution < -0.4 is 10.5 Å². The van der Waals surface area contributed by atoms with Crippen LogP contribution in [0.5, 0.6) is 5.75 Å². The maximum atomic E-state index is 11.6. The largest absolute Gasteiger partial charge is 0.481 e. The summed E-state index contributed by atoms with van der Waals surface area (Å²) < 4.78 is 5.02. The third kappa shape index (κ3) is 6.53. The summed E-state index contributed by atoms with van der Waals surface area (Å²) in [6.45, 7) is 0. The quantitative estimate of drug-likeness (QED) is 0.478. The maximum Gasteiger partial charge on any atom is 0.328 e. The second kappa shape index (κ2) is 8.01. The molecule has 0 unspecified atom stereocenters.